The molecule has 0 aliphatic carbocycles. The molecule has 40 heavy (non-hydrogen) atoms. The largest absolute Gasteiger partial charge is 0.513 e. The van der Waals surface area contributed by atoms with E-state index in [9.17, 15) is 8.78 Å². The molecule has 1 N–H and O–H groups in total. The predicted molar refractivity (Wildman–Crippen MR) is 165 cm³/mol. The fourth-order valence-corrected chi connectivity index (χ4v) is 3.26. The van der Waals surface area contributed by atoms with Gasteiger partial charge in [-0.25, -0.2) is 8.78 Å². The predicted octanol–water partition coefficient (Wildman–Crippen LogP) is 9.82. The van der Waals surface area contributed by atoms with Crippen molar-refractivity contribution in [2.45, 2.75) is 54.1 Å². The van der Waals surface area contributed by atoms with Gasteiger partial charge in [0.1, 0.15) is 11.6 Å². The van der Waals surface area contributed by atoms with E-state index in [4.69, 9.17) is 9.84 Å². The zero-order valence-electron chi connectivity index (χ0n) is 25.4. The Morgan fingerprint density at radius 1 is 0.850 bits per heavy atom. The molecule has 3 aromatic carbocycles. The number of hydrogen-bond donors (Lipinski definition) is 1. The fraction of sp³-hybridized carbons (Fsp3) is 0.314. The number of methoxy groups -OCH3 is 2. The fourth-order valence-electron chi connectivity index (χ4n) is 3.26. The summed E-state index contributed by atoms with van der Waals surface area (Å²) in [7, 11) is 4.93. The number of aryl methyl sites for hydroxylation is 1. The minimum atomic E-state index is -0.563. The molecule has 0 spiro atoms. The van der Waals surface area contributed by atoms with Crippen molar-refractivity contribution in [2.24, 2.45) is 0 Å². The van der Waals surface area contributed by atoms with Crippen LogP contribution in [0.3, 0.4) is 0 Å². The summed E-state index contributed by atoms with van der Waals surface area (Å²) in [6, 6.07) is 22.0. The van der Waals surface area contributed by atoms with Crippen molar-refractivity contribution in [3.63, 3.8) is 0 Å². The van der Waals surface area contributed by atoms with E-state index in [1.54, 1.807) is 21.3 Å². The number of benzene rings is 3. The lowest BCUT2D eigenvalue weighted by Crippen LogP contribution is -1.99. The van der Waals surface area contributed by atoms with Gasteiger partial charge >= 0.3 is 0 Å². The lowest BCUT2D eigenvalue weighted by atomic mass is 9.94. The van der Waals surface area contributed by atoms with E-state index in [0.29, 0.717) is 18.6 Å². The van der Waals surface area contributed by atoms with Crippen molar-refractivity contribution in [2.75, 3.05) is 21.3 Å². The van der Waals surface area contributed by atoms with Gasteiger partial charge in [0.2, 0.25) is 0 Å². The molecule has 0 bridgehead atoms. The summed E-state index contributed by atoms with van der Waals surface area (Å²) in [6.07, 6.45) is 3.42. The highest BCUT2D eigenvalue weighted by atomic mass is 19.1. The summed E-state index contributed by atoms with van der Waals surface area (Å²) in [5, 5.41) is 8.17. The van der Waals surface area contributed by atoms with E-state index < -0.39 is 11.6 Å². The van der Waals surface area contributed by atoms with Gasteiger partial charge in [-0.3, -0.25) is 0 Å². The van der Waals surface area contributed by atoms with Crippen molar-refractivity contribution in [3.05, 3.63) is 136 Å². The number of rotatable bonds is 7. The first-order valence-electron chi connectivity index (χ1n) is 13.1. The van der Waals surface area contributed by atoms with Gasteiger partial charge in [-0.2, -0.15) is 0 Å². The summed E-state index contributed by atoms with van der Waals surface area (Å²) < 4.78 is 36.5. The maximum Gasteiger partial charge on any atom is 0.126 e. The highest BCUT2D eigenvalue weighted by molar-refractivity contribution is 5.67. The van der Waals surface area contributed by atoms with Gasteiger partial charge in [-0.1, -0.05) is 85.3 Å². The molecule has 0 heterocycles. The average molecular weight is 553 g/mol. The Morgan fingerprint density at radius 3 is 1.73 bits per heavy atom. The first-order chi connectivity index (χ1) is 19.0. The third-order valence-corrected chi connectivity index (χ3v) is 5.50. The second-order valence-corrected chi connectivity index (χ2v) is 9.37. The normalized spacial score (nSPS) is 10.1. The maximum absolute atomic E-state index is 13.5. The zero-order valence-corrected chi connectivity index (χ0v) is 25.4. The highest BCUT2D eigenvalue weighted by Gasteiger charge is 2.08. The summed E-state index contributed by atoms with van der Waals surface area (Å²) in [6.45, 7) is 13.7. The maximum atomic E-state index is 13.5. The summed E-state index contributed by atoms with van der Waals surface area (Å²) >= 11 is 0. The molecule has 0 aliphatic heterocycles. The van der Waals surface area contributed by atoms with Gasteiger partial charge in [-0.15, -0.1) is 0 Å². The van der Waals surface area contributed by atoms with Crippen LogP contribution in [0.1, 0.15) is 56.4 Å². The van der Waals surface area contributed by atoms with Crippen LogP contribution in [-0.2, 0) is 22.5 Å². The summed E-state index contributed by atoms with van der Waals surface area (Å²) in [5.41, 5.74) is 7.35. The number of ether oxygens (including phenoxy) is 2. The van der Waals surface area contributed by atoms with Crippen LogP contribution in [0, 0.1) is 18.6 Å². The molecule has 218 valence electrons. The Bertz CT molecular complexity index is 1170. The molecule has 0 saturated heterocycles. The van der Waals surface area contributed by atoms with E-state index >= 15 is 0 Å². The van der Waals surface area contributed by atoms with Crippen molar-refractivity contribution >= 4 is 5.57 Å². The van der Waals surface area contributed by atoms with E-state index in [2.05, 4.69) is 42.5 Å². The van der Waals surface area contributed by atoms with Gasteiger partial charge in [0.05, 0.1) is 12.4 Å². The Balaban J connectivity index is 0.000000824. The van der Waals surface area contributed by atoms with Gasteiger partial charge in [-0.05, 0) is 74.1 Å². The molecule has 3 rings (SSSR count). The van der Waals surface area contributed by atoms with E-state index in [0.717, 1.165) is 29.2 Å². The van der Waals surface area contributed by atoms with Crippen LogP contribution in [0.5, 0.6) is 0 Å². The lowest BCUT2D eigenvalue weighted by molar-refractivity contribution is 0.184. The monoisotopic (exact) mass is 552 g/mol. The first kappa shape index (κ1) is 36.5. The molecule has 0 unspecified atom stereocenters. The minimum absolute atomic E-state index is 0.255. The Labute approximate surface area is 240 Å². The number of allylic oxidation sites excluding steroid dienone is 5. The molecule has 3 nitrogen and oxygen atoms in total. The molecule has 0 aliphatic rings. The molecule has 3 aromatic rings. The number of halogens is 2. The topological polar surface area (TPSA) is 38.7 Å². The van der Waals surface area contributed by atoms with Gasteiger partial charge in [0.25, 0.3) is 0 Å². The zero-order chi connectivity index (χ0) is 30.5. The molecule has 0 atom stereocenters. The van der Waals surface area contributed by atoms with E-state index in [1.165, 1.54) is 28.8 Å². The van der Waals surface area contributed by atoms with Crippen molar-refractivity contribution < 1.29 is 23.4 Å². The Morgan fingerprint density at radius 2 is 1.32 bits per heavy atom. The van der Waals surface area contributed by atoms with Crippen molar-refractivity contribution in [3.8, 4) is 0 Å². The van der Waals surface area contributed by atoms with Crippen LogP contribution in [0.4, 0.5) is 8.78 Å². The molecule has 5 heteroatoms. The van der Waals surface area contributed by atoms with Crippen LogP contribution in [0.25, 0.3) is 5.57 Å². The second kappa shape index (κ2) is 21.3. The van der Waals surface area contributed by atoms with Crippen molar-refractivity contribution in [1.29, 1.82) is 0 Å². The third kappa shape index (κ3) is 16.4. The van der Waals surface area contributed by atoms with Crippen LogP contribution >= 0.6 is 0 Å². The average Bonchev–Trinajstić information content (AvgIpc) is 2.90. The van der Waals surface area contributed by atoms with Gasteiger partial charge < -0.3 is 14.6 Å². The first-order valence-corrected chi connectivity index (χ1v) is 13.1. The molecule has 0 saturated carbocycles. The van der Waals surface area contributed by atoms with E-state index in [1.807, 2.05) is 64.1 Å². The quantitative estimate of drug-likeness (QED) is 0.234. The molecule has 0 amide bonds. The van der Waals surface area contributed by atoms with Gasteiger partial charge in [0, 0.05) is 33.8 Å². The number of aliphatic hydroxyl groups is 1. The van der Waals surface area contributed by atoms with Crippen LogP contribution < -0.4 is 0 Å². The molecular weight excluding hydrogens is 506 g/mol. The lowest BCUT2D eigenvalue weighted by Gasteiger charge is -2.12. The van der Waals surface area contributed by atoms with E-state index in [-0.39, 0.29) is 5.76 Å². The van der Waals surface area contributed by atoms with Crippen LogP contribution in [0.2, 0.25) is 0 Å². The summed E-state index contributed by atoms with van der Waals surface area (Å²) in [4.78, 5) is 0. The van der Waals surface area contributed by atoms with Crippen LogP contribution in [-0.4, -0.2) is 26.4 Å². The smallest absolute Gasteiger partial charge is 0.126 e. The number of hydrogen-bond acceptors (Lipinski definition) is 3. The van der Waals surface area contributed by atoms with Crippen LogP contribution in [0.15, 0.2) is 102 Å². The third-order valence-electron chi connectivity index (χ3n) is 5.50. The molecular formula is C35H46F2O3. The molecule has 0 radical (unpaired) electrons. The standard InChI is InChI=1S/C22H24F2O.C7H8.C4H8O.C2H6O/c1-15(2)19(10-17-7-5-6-8-18(17)14-25-4)9-16(3)20-11-21(23)13-22(24)12-20;1-7-5-3-2-4-6-7;1-3-4(2)5;1-3-2/h5-9,11-13H,10,14H2,1-4H3;2-6H,1H3;5H,2-3H2,1H3;1-2H3/b16-9+;;;. The minimum Gasteiger partial charge on any atom is -0.513 e. The Kier molecular flexibility index (Phi) is 19.4. The number of aliphatic hydroxyl groups excluding tert-OH is 1. The van der Waals surface area contributed by atoms with Crippen molar-refractivity contribution in [1.82, 2.24) is 0 Å². The summed E-state index contributed by atoms with van der Waals surface area (Å²) in [5.74, 6) is -0.871. The van der Waals surface area contributed by atoms with Gasteiger partial charge in [0.15, 0.2) is 0 Å². The Hall–Kier alpha value is -3.54. The molecule has 0 aromatic heterocycles. The highest BCUT2D eigenvalue weighted by Crippen LogP contribution is 2.23. The SMILES string of the molecule is C=C(O)CC.COC.COCc1ccccc1CC(/C=C(\C)c1cc(F)cc(F)c1)=C(C)C.Cc1ccccc1. The molecule has 0 fully saturated rings. The second-order valence-electron chi connectivity index (χ2n) is 9.37.